The van der Waals surface area contributed by atoms with Gasteiger partial charge in [-0.2, -0.15) is 0 Å². The van der Waals surface area contributed by atoms with E-state index in [2.05, 4.69) is 15.3 Å². The molecule has 0 radical (unpaired) electrons. The highest BCUT2D eigenvalue weighted by Crippen LogP contribution is 2.08. The van der Waals surface area contributed by atoms with Crippen molar-refractivity contribution in [3.8, 4) is 0 Å². The van der Waals surface area contributed by atoms with Crippen LogP contribution in [0.4, 0.5) is 0 Å². The normalized spacial score (nSPS) is 12.1. The molecule has 18 heavy (non-hydrogen) atoms. The van der Waals surface area contributed by atoms with E-state index in [4.69, 9.17) is 0 Å². The van der Waals surface area contributed by atoms with Gasteiger partial charge in [-0.1, -0.05) is 6.07 Å². The van der Waals surface area contributed by atoms with E-state index in [1.54, 1.807) is 18.6 Å². The molecule has 2 heterocycles. The fraction of sp³-hybridized carbons (Fsp3) is 0.308. The molecule has 0 unspecified atom stereocenters. The summed E-state index contributed by atoms with van der Waals surface area (Å²) in [6.45, 7) is 4.23. The van der Waals surface area contributed by atoms with E-state index < -0.39 is 0 Å². The number of hydrogen-bond acceptors (Lipinski definition) is 3. The van der Waals surface area contributed by atoms with Crippen LogP contribution in [0, 0.1) is 6.92 Å². The Hall–Kier alpha value is -2.17. The summed E-state index contributed by atoms with van der Waals surface area (Å²) in [7, 11) is 0. The third-order valence-electron chi connectivity index (χ3n) is 2.85. The molecule has 0 aliphatic rings. The monoisotopic (exact) mass is 244 g/mol. The van der Waals surface area contributed by atoms with Crippen LogP contribution in [0.3, 0.4) is 0 Å². The summed E-state index contributed by atoms with van der Waals surface area (Å²) in [5, 5.41) is 2.89. The number of aryl methyl sites for hydroxylation is 1. The second-order valence-corrected chi connectivity index (χ2v) is 4.14. The van der Waals surface area contributed by atoms with Crippen molar-refractivity contribution in [2.24, 2.45) is 0 Å². The Labute approximate surface area is 106 Å². The second kappa shape index (κ2) is 5.44. The minimum Gasteiger partial charge on any atom is -0.350 e. The molecule has 0 saturated heterocycles. The van der Waals surface area contributed by atoms with Crippen molar-refractivity contribution in [1.82, 2.24) is 19.9 Å². The number of pyridine rings is 1. The van der Waals surface area contributed by atoms with Crippen molar-refractivity contribution < 1.29 is 4.79 Å². The first kappa shape index (κ1) is 12.3. The Morgan fingerprint density at radius 2 is 2.33 bits per heavy atom. The maximum atomic E-state index is 12.0. The van der Waals surface area contributed by atoms with Crippen molar-refractivity contribution in [1.29, 1.82) is 0 Å². The standard InChI is InChI=1S/C13H16N4O/c1-10(17-7-6-15-11(17)2)13(18)16-9-12-4-3-5-14-8-12/h3-8,10H,9H2,1-2H3,(H,16,18)/t10-/m1/s1. The molecular weight excluding hydrogens is 228 g/mol. The first-order valence-corrected chi connectivity index (χ1v) is 5.84. The molecule has 94 valence electrons. The van der Waals surface area contributed by atoms with Gasteiger partial charge in [0, 0.05) is 31.3 Å². The van der Waals surface area contributed by atoms with Crippen molar-refractivity contribution >= 4 is 5.91 Å². The predicted molar refractivity (Wildman–Crippen MR) is 67.8 cm³/mol. The van der Waals surface area contributed by atoms with Gasteiger partial charge in [0.2, 0.25) is 5.91 Å². The van der Waals surface area contributed by atoms with Crippen LogP contribution in [0.5, 0.6) is 0 Å². The van der Waals surface area contributed by atoms with Gasteiger partial charge < -0.3 is 9.88 Å². The molecule has 0 bridgehead atoms. The van der Waals surface area contributed by atoms with Gasteiger partial charge in [0.1, 0.15) is 11.9 Å². The fourth-order valence-electron chi connectivity index (χ4n) is 1.76. The van der Waals surface area contributed by atoms with Crippen LogP contribution < -0.4 is 5.32 Å². The van der Waals surface area contributed by atoms with Crippen LogP contribution in [0.25, 0.3) is 0 Å². The summed E-state index contributed by atoms with van der Waals surface area (Å²) in [5.74, 6) is 0.805. The fourth-order valence-corrected chi connectivity index (χ4v) is 1.76. The Morgan fingerprint density at radius 1 is 1.50 bits per heavy atom. The molecule has 0 aliphatic heterocycles. The van der Waals surface area contributed by atoms with Gasteiger partial charge in [0.25, 0.3) is 0 Å². The summed E-state index contributed by atoms with van der Waals surface area (Å²) in [6, 6.07) is 3.52. The molecule has 0 aromatic carbocycles. The average molecular weight is 244 g/mol. The van der Waals surface area contributed by atoms with Crippen molar-refractivity contribution in [2.45, 2.75) is 26.4 Å². The number of imidazole rings is 1. The maximum Gasteiger partial charge on any atom is 0.243 e. The Kier molecular flexibility index (Phi) is 3.72. The number of nitrogens with zero attached hydrogens (tertiary/aromatic N) is 3. The minimum absolute atomic E-state index is 0.0278. The third-order valence-corrected chi connectivity index (χ3v) is 2.85. The molecule has 5 nitrogen and oxygen atoms in total. The van der Waals surface area contributed by atoms with Crippen molar-refractivity contribution in [3.63, 3.8) is 0 Å². The van der Waals surface area contributed by atoms with Gasteiger partial charge in [0.05, 0.1) is 0 Å². The first-order chi connectivity index (χ1) is 8.68. The van der Waals surface area contributed by atoms with Crippen molar-refractivity contribution in [2.75, 3.05) is 0 Å². The Bertz CT molecular complexity index is 521. The van der Waals surface area contributed by atoms with Crippen LogP contribution in [-0.4, -0.2) is 20.4 Å². The van der Waals surface area contributed by atoms with Gasteiger partial charge in [-0.15, -0.1) is 0 Å². The zero-order chi connectivity index (χ0) is 13.0. The van der Waals surface area contributed by atoms with Gasteiger partial charge in [-0.05, 0) is 25.5 Å². The number of rotatable bonds is 4. The van der Waals surface area contributed by atoms with E-state index in [0.29, 0.717) is 6.54 Å². The molecule has 1 amide bonds. The predicted octanol–water partition coefficient (Wildman–Crippen LogP) is 1.46. The quantitative estimate of drug-likeness (QED) is 0.885. The van der Waals surface area contributed by atoms with Crippen LogP contribution >= 0.6 is 0 Å². The van der Waals surface area contributed by atoms with Gasteiger partial charge in [-0.25, -0.2) is 4.98 Å². The lowest BCUT2D eigenvalue weighted by atomic mass is 10.2. The van der Waals surface area contributed by atoms with Crippen LogP contribution in [-0.2, 0) is 11.3 Å². The molecule has 0 fully saturated rings. The molecule has 0 saturated carbocycles. The largest absolute Gasteiger partial charge is 0.350 e. The van der Waals surface area contributed by atoms with E-state index in [0.717, 1.165) is 11.4 Å². The highest BCUT2D eigenvalue weighted by molar-refractivity contribution is 5.79. The SMILES string of the molecule is Cc1nccn1[C@H](C)C(=O)NCc1cccnc1. The molecule has 5 heteroatoms. The molecule has 2 aromatic heterocycles. The number of nitrogens with one attached hydrogen (secondary N) is 1. The first-order valence-electron chi connectivity index (χ1n) is 5.84. The number of hydrogen-bond donors (Lipinski definition) is 1. The van der Waals surface area contributed by atoms with E-state index in [1.807, 2.05) is 36.7 Å². The smallest absolute Gasteiger partial charge is 0.243 e. The van der Waals surface area contributed by atoms with Crippen LogP contribution in [0.1, 0.15) is 24.4 Å². The highest BCUT2D eigenvalue weighted by atomic mass is 16.2. The van der Waals surface area contributed by atoms with E-state index >= 15 is 0 Å². The Balaban J connectivity index is 1.95. The lowest BCUT2D eigenvalue weighted by Gasteiger charge is -2.14. The number of carbonyl (C=O) groups excluding carboxylic acids is 1. The third kappa shape index (κ3) is 2.74. The summed E-state index contributed by atoms with van der Waals surface area (Å²) in [4.78, 5) is 20.1. The number of amides is 1. The zero-order valence-electron chi connectivity index (χ0n) is 10.5. The number of carbonyl (C=O) groups is 1. The average Bonchev–Trinajstić information content (AvgIpc) is 2.82. The van der Waals surface area contributed by atoms with Gasteiger partial charge in [-0.3, -0.25) is 9.78 Å². The Morgan fingerprint density at radius 3 is 2.94 bits per heavy atom. The zero-order valence-corrected chi connectivity index (χ0v) is 10.5. The van der Waals surface area contributed by atoms with Gasteiger partial charge >= 0.3 is 0 Å². The second-order valence-electron chi connectivity index (χ2n) is 4.14. The highest BCUT2D eigenvalue weighted by Gasteiger charge is 2.15. The maximum absolute atomic E-state index is 12.0. The minimum atomic E-state index is -0.260. The molecule has 1 N–H and O–H groups in total. The van der Waals surface area contributed by atoms with E-state index in [9.17, 15) is 4.79 Å². The lowest BCUT2D eigenvalue weighted by molar-refractivity contribution is -0.124. The topological polar surface area (TPSA) is 59.8 Å². The van der Waals surface area contributed by atoms with Crippen molar-refractivity contribution in [3.05, 3.63) is 48.3 Å². The molecule has 0 aliphatic carbocycles. The molecular formula is C13H16N4O. The summed E-state index contributed by atoms with van der Waals surface area (Å²) in [6.07, 6.45) is 6.96. The van der Waals surface area contributed by atoms with Crippen LogP contribution in [0.15, 0.2) is 36.9 Å². The van der Waals surface area contributed by atoms with Gasteiger partial charge in [0.15, 0.2) is 0 Å². The molecule has 1 atom stereocenters. The molecule has 2 aromatic rings. The lowest BCUT2D eigenvalue weighted by Crippen LogP contribution is -2.30. The summed E-state index contributed by atoms with van der Waals surface area (Å²) < 4.78 is 1.85. The van der Waals surface area contributed by atoms with Crippen LogP contribution in [0.2, 0.25) is 0 Å². The van der Waals surface area contributed by atoms with E-state index in [1.165, 1.54) is 0 Å². The summed E-state index contributed by atoms with van der Waals surface area (Å²) in [5.41, 5.74) is 0.986. The summed E-state index contributed by atoms with van der Waals surface area (Å²) >= 11 is 0. The molecule has 2 rings (SSSR count). The van der Waals surface area contributed by atoms with E-state index in [-0.39, 0.29) is 11.9 Å². The molecule has 0 spiro atoms. The number of aromatic nitrogens is 3.